The van der Waals surface area contributed by atoms with Crippen molar-refractivity contribution in [3.05, 3.63) is 230 Å². The van der Waals surface area contributed by atoms with Crippen molar-refractivity contribution in [1.29, 1.82) is 0 Å². The molecule has 9 nitrogen and oxygen atoms in total. The van der Waals surface area contributed by atoms with E-state index in [2.05, 4.69) is 58.7 Å². The lowest BCUT2D eigenvalue weighted by Gasteiger charge is -2.37. The van der Waals surface area contributed by atoms with Gasteiger partial charge in [0.2, 0.25) is 0 Å². The molecular weight excluding hydrogens is 844 g/mol. The molecule has 0 aliphatic heterocycles. The third kappa shape index (κ3) is 9.98. The number of ether oxygens (including phenoxy) is 3. The highest BCUT2D eigenvalue weighted by atomic mass is 35.5. The first-order valence-corrected chi connectivity index (χ1v) is 22.7. The molecule has 1 N–H and O–H groups in total. The van der Waals surface area contributed by atoms with Gasteiger partial charge in [0.1, 0.15) is 18.4 Å². The minimum Gasteiger partial charge on any atom is -0.494 e. The standard InChI is InChI=1S/C56H51ClN4O5/c1-3-40-36-44(64-34-14-13-33-59-61-58)31-32-45(40)41-27-25-39(26-28-41)35-53(60-55(63)65-37-50-48-19-9-7-17-46(48)47-18-8-10-20-49(47)50)54(62)66-56(42-15-5-4-6-16-42,43-29-23-38(2)24-30-43)51-21-11-12-22-52(51)57/h4-12,15-32,36,50,53H,3,13-14,33-35,37H2,1-2H3,(H,60,63)/t53-,56?/m0/s1. The van der Waals surface area contributed by atoms with Crippen LogP contribution in [0.3, 0.4) is 0 Å². The first kappa shape index (κ1) is 45.3. The Morgan fingerprint density at radius 2 is 1.41 bits per heavy atom. The molecule has 66 heavy (non-hydrogen) atoms. The number of benzene rings is 7. The molecule has 8 rings (SSSR count). The second-order valence-corrected chi connectivity index (χ2v) is 16.8. The minimum atomic E-state index is -1.49. The van der Waals surface area contributed by atoms with Gasteiger partial charge in [-0.15, -0.1) is 0 Å². The minimum absolute atomic E-state index is 0.0777. The van der Waals surface area contributed by atoms with E-state index in [1.807, 2.05) is 134 Å². The average Bonchev–Trinajstić information content (AvgIpc) is 3.67. The lowest BCUT2D eigenvalue weighted by Crippen LogP contribution is -2.47. The first-order chi connectivity index (χ1) is 32.3. The Bertz CT molecular complexity index is 2800. The van der Waals surface area contributed by atoms with E-state index in [4.69, 9.17) is 31.3 Å². The third-order valence-corrected chi connectivity index (χ3v) is 12.5. The summed E-state index contributed by atoms with van der Waals surface area (Å²) < 4.78 is 18.9. The van der Waals surface area contributed by atoms with Crippen LogP contribution >= 0.6 is 11.6 Å². The molecule has 332 valence electrons. The number of carbonyl (C=O) groups excluding carboxylic acids is 2. The number of fused-ring (bicyclic) bond motifs is 3. The topological polar surface area (TPSA) is 123 Å². The highest BCUT2D eigenvalue weighted by Gasteiger charge is 2.44. The van der Waals surface area contributed by atoms with Gasteiger partial charge < -0.3 is 19.5 Å². The molecule has 0 fully saturated rings. The fraction of sp³-hybridized carbons (Fsp3) is 0.214. The quantitative estimate of drug-likeness (QED) is 0.0229. The van der Waals surface area contributed by atoms with E-state index in [-0.39, 0.29) is 18.9 Å². The van der Waals surface area contributed by atoms with Crippen molar-refractivity contribution in [3.63, 3.8) is 0 Å². The van der Waals surface area contributed by atoms with Crippen molar-refractivity contribution < 1.29 is 23.8 Å². The molecule has 7 aromatic rings. The molecule has 0 heterocycles. The molecule has 0 radical (unpaired) electrons. The summed E-state index contributed by atoms with van der Waals surface area (Å²) in [5, 5.41) is 6.94. The van der Waals surface area contributed by atoms with Crippen molar-refractivity contribution in [2.24, 2.45) is 5.11 Å². The van der Waals surface area contributed by atoms with E-state index >= 15 is 4.79 Å². The molecule has 0 aromatic heterocycles. The van der Waals surface area contributed by atoms with Gasteiger partial charge in [0.25, 0.3) is 0 Å². The second kappa shape index (κ2) is 21.1. The predicted molar refractivity (Wildman–Crippen MR) is 261 cm³/mol. The maximum atomic E-state index is 15.2. The molecule has 0 bridgehead atoms. The zero-order valence-electron chi connectivity index (χ0n) is 37.0. The van der Waals surface area contributed by atoms with Crippen LogP contribution in [0.4, 0.5) is 4.79 Å². The van der Waals surface area contributed by atoms with E-state index in [1.165, 1.54) is 0 Å². The summed E-state index contributed by atoms with van der Waals surface area (Å²) in [6.07, 6.45) is 1.71. The van der Waals surface area contributed by atoms with Gasteiger partial charge in [-0.25, -0.2) is 9.59 Å². The Hall–Kier alpha value is -7.32. The summed E-state index contributed by atoms with van der Waals surface area (Å²) in [5.74, 6) is -0.0538. The van der Waals surface area contributed by atoms with E-state index < -0.39 is 23.7 Å². The number of halogens is 1. The van der Waals surface area contributed by atoms with E-state index in [9.17, 15) is 4.79 Å². The molecule has 0 saturated carbocycles. The summed E-state index contributed by atoms with van der Waals surface area (Å²) in [4.78, 5) is 32.0. The zero-order chi connectivity index (χ0) is 45.9. The van der Waals surface area contributed by atoms with Gasteiger partial charge in [0, 0.05) is 45.5 Å². The molecule has 1 unspecified atom stereocenters. The maximum absolute atomic E-state index is 15.2. The van der Waals surface area contributed by atoms with Crippen LogP contribution in [0.2, 0.25) is 5.02 Å². The van der Waals surface area contributed by atoms with Crippen molar-refractivity contribution >= 4 is 23.7 Å². The maximum Gasteiger partial charge on any atom is 0.407 e. The highest BCUT2D eigenvalue weighted by Crippen LogP contribution is 2.46. The van der Waals surface area contributed by atoms with Gasteiger partial charge in [0.15, 0.2) is 5.60 Å². The summed E-state index contributed by atoms with van der Waals surface area (Å²) in [6, 6.07) is 54.0. The number of nitrogens with zero attached hydrogens (tertiary/aromatic N) is 3. The Morgan fingerprint density at radius 3 is 2.09 bits per heavy atom. The van der Waals surface area contributed by atoms with Crippen LogP contribution in [0.5, 0.6) is 5.75 Å². The van der Waals surface area contributed by atoms with Gasteiger partial charge in [0.05, 0.1) is 6.61 Å². The van der Waals surface area contributed by atoms with Gasteiger partial charge in [-0.3, -0.25) is 0 Å². The summed E-state index contributed by atoms with van der Waals surface area (Å²) >= 11 is 7.03. The highest BCUT2D eigenvalue weighted by molar-refractivity contribution is 6.31. The molecular formula is C56H51ClN4O5. The average molecular weight is 896 g/mol. The molecule has 10 heteroatoms. The van der Waals surface area contributed by atoms with Crippen molar-refractivity contribution in [2.45, 2.75) is 57.1 Å². The summed E-state index contributed by atoms with van der Waals surface area (Å²) in [7, 11) is 0. The van der Waals surface area contributed by atoms with Crippen LogP contribution < -0.4 is 10.1 Å². The molecule has 1 amide bonds. The monoisotopic (exact) mass is 894 g/mol. The number of amides is 1. The van der Waals surface area contributed by atoms with E-state index in [0.717, 1.165) is 75.1 Å². The third-order valence-electron chi connectivity index (χ3n) is 12.2. The molecule has 1 aliphatic carbocycles. The number of azide groups is 1. The van der Waals surface area contributed by atoms with Crippen LogP contribution in [0.1, 0.15) is 70.2 Å². The normalized spacial score (nSPS) is 13.0. The van der Waals surface area contributed by atoms with Crippen LogP contribution in [-0.2, 0) is 32.7 Å². The Labute approximate surface area is 391 Å². The molecule has 2 atom stereocenters. The predicted octanol–water partition coefficient (Wildman–Crippen LogP) is 13.3. The lowest BCUT2D eigenvalue weighted by molar-refractivity contribution is -0.156. The number of hydrogen-bond acceptors (Lipinski definition) is 6. The van der Waals surface area contributed by atoms with Gasteiger partial charge in [-0.2, -0.15) is 0 Å². The van der Waals surface area contributed by atoms with Gasteiger partial charge >= 0.3 is 12.1 Å². The second-order valence-electron chi connectivity index (χ2n) is 16.4. The Balaban J connectivity index is 1.10. The van der Waals surface area contributed by atoms with E-state index in [1.54, 1.807) is 6.07 Å². The largest absolute Gasteiger partial charge is 0.494 e. The number of unbranched alkanes of at least 4 members (excludes halogenated alkanes) is 1. The van der Waals surface area contributed by atoms with Crippen LogP contribution in [0, 0.1) is 6.92 Å². The smallest absolute Gasteiger partial charge is 0.407 e. The van der Waals surface area contributed by atoms with Gasteiger partial charge in [-0.05, 0) is 94.4 Å². The Morgan fingerprint density at radius 1 is 0.758 bits per heavy atom. The number of nitrogens with one attached hydrogen (secondary N) is 1. The van der Waals surface area contributed by atoms with Crippen LogP contribution in [0.25, 0.3) is 32.7 Å². The SMILES string of the molecule is CCc1cc(OCCCCN=[N+]=[N-])ccc1-c1ccc(C[C@H](NC(=O)OCC2c3ccccc3-c3ccccc32)C(=O)OC(c2ccccc2)(c2ccc(C)cc2)c2ccccc2Cl)cc1. The van der Waals surface area contributed by atoms with Crippen molar-refractivity contribution in [3.8, 4) is 28.0 Å². The number of rotatable bonds is 18. The number of aryl methyl sites for hydroxylation is 2. The van der Waals surface area contributed by atoms with Crippen molar-refractivity contribution in [2.75, 3.05) is 19.8 Å². The number of esters is 1. The summed E-state index contributed by atoms with van der Waals surface area (Å²) in [6.45, 7) is 5.17. The molecule has 7 aromatic carbocycles. The van der Waals surface area contributed by atoms with Crippen molar-refractivity contribution in [1.82, 2.24) is 5.32 Å². The Kier molecular flexibility index (Phi) is 14.5. The zero-order valence-corrected chi connectivity index (χ0v) is 37.8. The number of carbonyl (C=O) groups is 2. The first-order valence-electron chi connectivity index (χ1n) is 22.4. The molecule has 0 saturated heterocycles. The van der Waals surface area contributed by atoms with Crippen LogP contribution in [0.15, 0.2) is 175 Å². The molecule has 0 spiro atoms. The number of alkyl carbamates (subject to hydrolysis) is 1. The van der Waals surface area contributed by atoms with Gasteiger partial charge in [-0.1, -0.05) is 181 Å². The fourth-order valence-corrected chi connectivity index (χ4v) is 9.13. The molecule has 1 aliphatic rings. The number of hydrogen-bond donors (Lipinski definition) is 1. The fourth-order valence-electron chi connectivity index (χ4n) is 8.87. The van der Waals surface area contributed by atoms with E-state index in [0.29, 0.717) is 34.9 Å². The summed E-state index contributed by atoms with van der Waals surface area (Å²) in [5.41, 5.74) is 18.4. The lowest BCUT2D eigenvalue weighted by atomic mass is 9.79. The van der Waals surface area contributed by atoms with Crippen LogP contribution in [-0.4, -0.2) is 37.9 Å².